The van der Waals surface area contributed by atoms with E-state index in [0.29, 0.717) is 6.04 Å². The van der Waals surface area contributed by atoms with Crippen molar-refractivity contribution in [2.45, 2.75) is 38.3 Å². The molecule has 116 valence electrons. The summed E-state index contributed by atoms with van der Waals surface area (Å²) in [6.45, 7) is 0.756. The zero-order valence-electron chi connectivity index (χ0n) is 12.4. The van der Waals surface area contributed by atoms with Gasteiger partial charge in [0, 0.05) is 23.5 Å². The fourth-order valence-corrected chi connectivity index (χ4v) is 3.72. The summed E-state index contributed by atoms with van der Waals surface area (Å²) in [5.41, 5.74) is 2.21. The molecule has 1 saturated carbocycles. The van der Waals surface area contributed by atoms with Gasteiger partial charge in [-0.05, 0) is 25.7 Å². The van der Waals surface area contributed by atoms with Crippen molar-refractivity contribution in [3.63, 3.8) is 0 Å². The number of hydrogen-bond donors (Lipinski definition) is 2. The molecular weight excluding hydrogens is 296 g/mol. The molecule has 0 amide bonds. The molecule has 0 aliphatic heterocycles. The molecule has 0 bridgehead atoms. The molecule has 2 aromatic rings. The van der Waals surface area contributed by atoms with Crippen molar-refractivity contribution in [2.75, 3.05) is 0 Å². The fourth-order valence-electron chi connectivity index (χ4n) is 2.89. The number of nitrogens with one attached hydrogen (secondary N) is 1. The SMILES string of the molecule is O=C(O)C1CCC(NCc2csc(-c3ccccc3)n2)CC1. The minimum atomic E-state index is -0.648. The van der Waals surface area contributed by atoms with Crippen LogP contribution >= 0.6 is 11.3 Å². The van der Waals surface area contributed by atoms with Crippen LogP contribution in [0.2, 0.25) is 0 Å². The topological polar surface area (TPSA) is 62.2 Å². The third kappa shape index (κ3) is 3.72. The van der Waals surface area contributed by atoms with Crippen molar-refractivity contribution >= 4 is 17.3 Å². The first-order chi connectivity index (χ1) is 10.7. The van der Waals surface area contributed by atoms with E-state index in [9.17, 15) is 4.79 Å². The highest BCUT2D eigenvalue weighted by molar-refractivity contribution is 7.13. The number of nitrogens with zero attached hydrogens (tertiary/aromatic N) is 1. The monoisotopic (exact) mass is 316 g/mol. The fraction of sp³-hybridized carbons (Fsp3) is 0.412. The summed E-state index contributed by atoms with van der Waals surface area (Å²) >= 11 is 1.66. The standard InChI is InChI=1S/C17H20N2O2S/c20-17(21)13-6-8-14(9-7-13)18-10-15-11-22-16(19-15)12-4-2-1-3-5-12/h1-5,11,13-14,18H,6-10H2,(H,20,21). The van der Waals surface area contributed by atoms with E-state index in [2.05, 4.69) is 27.8 Å². The van der Waals surface area contributed by atoms with E-state index in [0.717, 1.165) is 48.5 Å². The van der Waals surface area contributed by atoms with E-state index in [1.807, 2.05) is 18.2 Å². The predicted octanol–water partition coefficient (Wildman–Crippen LogP) is 3.54. The third-order valence-corrected chi connectivity index (χ3v) is 5.16. The smallest absolute Gasteiger partial charge is 0.306 e. The van der Waals surface area contributed by atoms with Crippen LogP contribution < -0.4 is 5.32 Å². The van der Waals surface area contributed by atoms with Gasteiger partial charge in [-0.1, -0.05) is 30.3 Å². The van der Waals surface area contributed by atoms with Crippen LogP contribution in [0.5, 0.6) is 0 Å². The molecule has 4 nitrogen and oxygen atoms in total. The molecule has 1 heterocycles. The lowest BCUT2D eigenvalue weighted by Gasteiger charge is -2.26. The molecule has 5 heteroatoms. The van der Waals surface area contributed by atoms with Crippen molar-refractivity contribution in [2.24, 2.45) is 5.92 Å². The van der Waals surface area contributed by atoms with Crippen molar-refractivity contribution in [1.82, 2.24) is 10.3 Å². The van der Waals surface area contributed by atoms with Crippen molar-refractivity contribution in [1.29, 1.82) is 0 Å². The minimum Gasteiger partial charge on any atom is -0.481 e. The summed E-state index contributed by atoms with van der Waals surface area (Å²) in [5.74, 6) is -0.799. The van der Waals surface area contributed by atoms with E-state index < -0.39 is 5.97 Å². The summed E-state index contributed by atoms with van der Waals surface area (Å²) in [4.78, 5) is 15.6. The Balaban J connectivity index is 1.51. The molecule has 0 spiro atoms. The number of hydrogen-bond acceptors (Lipinski definition) is 4. The van der Waals surface area contributed by atoms with Gasteiger partial charge in [0.2, 0.25) is 0 Å². The van der Waals surface area contributed by atoms with Gasteiger partial charge in [0.25, 0.3) is 0 Å². The molecule has 1 aromatic carbocycles. The third-order valence-electron chi connectivity index (χ3n) is 4.22. The Hall–Kier alpha value is -1.72. The zero-order valence-corrected chi connectivity index (χ0v) is 13.2. The van der Waals surface area contributed by atoms with Gasteiger partial charge >= 0.3 is 5.97 Å². The van der Waals surface area contributed by atoms with Crippen LogP contribution in [0.4, 0.5) is 0 Å². The van der Waals surface area contributed by atoms with Gasteiger partial charge < -0.3 is 10.4 Å². The van der Waals surface area contributed by atoms with Crippen LogP contribution in [-0.4, -0.2) is 22.1 Å². The maximum atomic E-state index is 10.9. The van der Waals surface area contributed by atoms with Gasteiger partial charge in [0.05, 0.1) is 11.6 Å². The van der Waals surface area contributed by atoms with Gasteiger partial charge in [-0.15, -0.1) is 11.3 Å². The van der Waals surface area contributed by atoms with Crippen molar-refractivity contribution in [3.05, 3.63) is 41.4 Å². The van der Waals surface area contributed by atoms with Crippen molar-refractivity contribution in [3.8, 4) is 10.6 Å². The van der Waals surface area contributed by atoms with E-state index in [4.69, 9.17) is 5.11 Å². The molecular formula is C17H20N2O2S. The lowest BCUT2D eigenvalue weighted by Crippen LogP contribution is -2.34. The Kier molecular flexibility index (Phi) is 4.85. The first-order valence-electron chi connectivity index (χ1n) is 7.68. The Bertz CT molecular complexity index is 619. The molecule has 3 rings (SSSR count). The summed E-state index contributed by atoms with van der Waals surface area (Å²) in [7, 11) is 0. The van der Waals surface area contributed by atoms with E-state index in [1.54, 1.807) is 11.3 Å². The highest BCUT2D eigenvalue weighted by Crippen LogP contribution is 2.26. The maximum absolute atomic E-state index is 10.9. The predicted molar refractivity (Wildman–Crippen MR) is 87.8 cm³/mol. The van der Waals surface area contributed by atoms with Crippen LogP contribution in [0.1, 0.15) is 31.4 Å². The number of carbonyl (C=O) groups is 1. The average molecular weight is 316 g/mol. The van der Waals surface area contributed by atoms with E-state index in [1.165, 1.54) is 0 Å². The summed E-state index contributed by atoms with van der Waals surface area (Å²) in [5, 5.41) is 15.7. The van der Waals surface area contributed by atoms with Crippen LogP contribution in [0.25, 0.3) is 10.6 Å². The van der Waals surface area contributed by atoms with Gasteiger partial charge in [-0.2, -0.15) is 0 Å². The number of aromatic nitrogens is 1. The largest absolute Gasteiger partial charge is 0.481 e. The number of carboxylic acids is 1. The van der Waals surface area contributed by atoms with E-state index in [-0.39, 0.29) is 5.92 Å². The summed E-state index contributed by atoms with van der Waals surface area (Å²) in [6, 6.07) is 10.6. The van der Waals surface area contributed by atoms with Crippen LogP contribution in [-0.2, 0) is 11.3 Å². The van der Waals surface area contributed by atoms with Gasteiger partial charge in [-0.25, -0.2) is 4.98 Å². The first kappa shape index (κ1) is 15.2. The average Bonchev–Trinajstić information content (AvgIpc) is 3.03. The number of benzene rings is 1. The van der Waals surface area contributed by atoms with Gasteiger partial charge in [0.15, 0.2) is 0 Å². The quantitative estimate of drug-likeness (QED) is 0.885. The van der Waals surface area contributed by atoms with Crippen LogP contribution in [0.3, 0.4) is 0 Å². The zero-order chi connectivity index (χ0) is 15.4. The molecule has 1 aliphatic carbocycles. The maximum Gasteiger partial charge on any atom is 0.306 e. The highest BCUT2D eigenvalue weighted by Gasteiger charge is 2.25. The Morgan fingerprint density at radius 3 is 2.64 bits per heavy atom. The molecule has 0 saturated heterocycles. The summed E-state index contributed by atoms with van der Waals surface area (Å²) < 4.78 is 0. The highest BCUT2D eigenvalue weighted by atomic mass is 32.1. The number of carboxylic acid groups (broad SMARTS) is 1. The summed E-state index contributed by atoms with van der Waals surface area (Å²) in [6.07, 6.45) is 3.43. The molecule has 0 unspecified atom stereocenters. The second-order valence-corrected chi connectivity index (χ2v) is 6.64. The van der Waals surface area contributed by atoms with Gasteiger partial charge in [-0.3, -0.25) is 4.79 Å². The van der Waals surface area contributed by atoms with Crippen LogP contribution in [0, 0.1) is 5.92 Å². The normalized spacial score (nSPS) is 21.6. The molecule has 0 radical (unpaired) electrons. The molecule has 0 atom stereocenters. The lowest BCUT2D eigenvalue weighted by molar-refractivity contribution is -0.142. The second-order valence-electron chi connectivity index (χ2n) is 5.78. The molecule has 2 N–H and O–H groups in total. The molecule has 1 aromatic heterocycles. The number of aliphatic carboxylic acids is 1. The van der Waals surface area contributed by atoms with Crippen LogP contribution in [0.15, 0.2) is 35.7 Å². The lowest BCUT2D eigenvalue weighted by atomic mass is 9.86. The molecule has 1 aliphatic rings. The van der Waals surface area contributed by atoms with Gasteiger partial charge in [0.1, 0.15) is 5.01 Å². The Labute approximate surface area is 134 Å². The first-order valence-corrected chi connectivity index (χ1v) is 8.56. The number of rotatable bonds is 5. The van der Waals surface area contributed by atoms with Crippen molar-refractivity contribution < 1.29 is 9.90 Å². The molecule has 22 heavy (non-hydrogen) atoms. The Morgan fingerprint density at radius 2 is 1.95 bits per heavy atom. The Morgan fingerprint density at radius 1 is 1.23 bits per heavy atom. The molecule has 1 fully saturated rings. The minimum absolute atomic E-state index is 0.151. The second kappa shape index (κ2) is 7.03. The number of thiazole rings is 1. The van der Waals surface area contributed by atoms with E-state index >= 15 is 0 Å².